The predicted molar refractivity (Wildman–Crippen MR) is 162 cm³/mol. The number of nitrogens with zero attached hydrogens (tertiary/aromatic N) is 3. The highest BCUT2D eigenvalue weighted by Crippen LogP contribution is 2.47. The number of hydrogen-bond donors (Lipinski definition) is 1. The maximum Gasteiger partial charge on any atom is 0.269 e. The Labute approximate surface area is 242 Å². The van der Waals surface area contributed by atoms with Gasteiger partial charge in [-0.2, -0.15) is 5.26 Å². The lowest BCUT2D eigenvalue weighted by atomic mass is 9.79. The first-order chi connectivity index (χ1) is 19.9. The number of anilines is 1. The number of nitrogens with two attached hydrogens (primary N) is 1. The van der Waals surface area contributed by atoms with Crippen molar-refractivity contribution < 1.29 is 9.72 Å². The molecule has 1 aliphatic rings. The van der Waals surface area contributed by atoms with Crippen LogP contribution >= 0.6 is 11.8 Å². The number of nitro groups is 1. The average molecular weight is 559 g/mol. The van der Waals surface area contributed by atoms with Crippen LogP contribution in [0, 0.1) is 28.4 Å². The molecular formula is C33H26N4O3S. The van der Waals surface area contributed by atoms with Crippen molar-refractivity contribution in [3.05, 3.63) is 164 Å². The van der Waals surface area contributed by atoms with E-state index in [4.69, 9.17) is 5.73 Å². The van der Waals surface area contributed by atoms with Crippen LogP contribution in [-0.4, -0.2) is 10.7 Å². The Kier molecular flexibility index (Phi) is 7.99. The van der Waals surface area contributed by atoms with Gasteiger partial charge in [0.05, 0.1) is 27.5 Å². The van der Waals surface area contributed by atoms with Gasteiger partial charge in [-0.25, -0.2) is 0 Å². The molecule has 1 aliphatic heterocycles. The second-order valence-corrected chi connectivity index (χ2v) is 10.5. The van der Waals surface area contributed by atoms with E-state index < -0.39 is 10.8 Å². The Morgan fingerprint density at radius 3 is 2.15 bits per heavy atom. The Morgan fingerprint density at radius 1 is 0.951 bits per heavy atom. The van der Waals surface area contributed by atoms with Crippen molar-refractivity contribution in [3.63, 3.8) is 0 Å². The molecule has 0 saturated heterocycles. The number of rotatable bonds is 8. The number of non-ortho nitro benzene ring substituents is 1. The molecule has 1 heterocycles. The molecule has 7 nitrogen and oxygen atoms in total. The van der Waals surface area contributed by atoms with E-state index in [0.29, 0.717) is 33.2 Å². The van der Waals surface area contributed by atoms with Gasteiger partial charge in [-0.3, -0.25) is 19.8 Å². The number of carbonyl (C=O) groups is 1. The molecular weight excluding hydrogens is 532 g/mol. The fourth-order valence-corrected chi connectivity index (χ4v) is 5.99. The molecule has 0 spiro atoms. The number of benzene rings is 4. The van der Waals surface area contributed by atoms with E-state index in [1.54, 1.807) is 29.2 Å². The van der Waals surface area contributed by atoms with Crippen LogP contribution in [0.3, 0.4) is 0 Å². The molecule has 0 amide bonds. The fraction of sp³-hybridized carbons (Fsp3) is 0.0909. The summed E-state index contributed by atoms with van der Waals surface area (Å²) in [6.45, 7) is 1.95. The van der Waals surface area contributed by atoms with E-state index in [0.717, 1.165) is 11.1 Å². The molecule has 1 atom stereocenters. The zero-order valence-corrected chi connectivity index (χ0v) is 23.0. The van der Waals surface area contributed by atoms with Crippen molar-refractivity contribution in [1.29, 1.82) is 5.26 Å². The molecule has 1 unspecified atom stereocenters. The third-order valence-electron chi connectivity index (χ3n) is 6.88. The van der Waals surface area contributed by atoms with Gasteiger partial charge in [-0.1, -0.05) is 90.5 Å². The lowest BCUT2D eigenvalue weighted by Gasteiger charge is -2.37. The number of Topliss-reactive ketones (excluding diaryl/α,β-unsaturated/α-hetero) is 1. The van der Waals surface area contributed by atoms with Crippen molar-refractivity contribution in [2.45, 2.75) is 18.6 Å². The van der Waals surface area contributed by atoms with Gasteiger partial charge in [0.15, 0.2) is 5.78 Å². The SMILES string of the molecule is Cc1ccc(C(=O)C2=C(SCc3ccccc3)N(c3ccccc3)C(N)=C(C#N)C2c2ccc([N+](=O)[O-])cc2)cc1. The molecule has 4 aromatic carbocycles. The summed E-state index contributed by atoms with van der Waals surface area (Å²) in [5, 5.41) is 22.4. The molecule has 0 aliphatic carbocycles. The van der Waals surface area contributed by atoms with Crippen LogP contribution in [0.2, 0.25) is 0 Å². The third-order valence-corrected chi connectivity index (χ3v) is 8.03. The summed E-state index contributed by atoms with van der Waals surface area (Å²) < 4.78 is 0. The minimum atomic E-state index is -0.826. The number of ketones is 1. The van der Waals surface area contributed by atoms with E-state index in [1.165, 1.54) is 23.9 Å². The molecule has 5 rings (SSSR count). The first-order valence-electron chi connectivity index (χ1n) is 12.9. The first-order valence-corrected chi connectivity index (χ1v) is 13.9. The Hall–Kier alpha value is -5.13. The predicted octanol–water partition coefficient (Wildman–Crippen LogP) is 7.23. The summed E-state index contributed by atoms with van der Waals surface area (Å²) >= 11 is 1.46. The zero-order chi connectivity index (χ0) is 28.9. The monoisotopic (exact) mass is 558 g/mol. The van der Waals surface area contributed by atoms with Crippen LogP contribution in [0.15, 0.2) is 131 Å². The number of aryl methyl sites for hydroxylation is 1. The fourth-order valence-electron chi connectivity index (χ4n) is 4.80. The molecule has 0 aromatic heterocycles. The van der Waals surface area contributed by atoms with Gasteiger partial charge in [-0.05, 0) is 30.2 Å². The maximum atomic E-state index is 14.5. The van der Waals surface area contributed by atoms with Crippen LogP contribution in [0.25, 0.3) is 0 Å². The summed E-state index contributed by atoms with van der Waals surface area (Å²) in [4.78, 5) is 27.1. The quantitative estimate of drug-likeness (QED) is 0.138. The van der Waals surface area contributed by atoms with Crippen LogP contribution < -0.4 is 10.6 Å². The number of thioether (sulfide) groups is 1. The summed E-state index contributed by atoms with van der Waals surface area (Å²) in [6.07, 6.45) is 0. The highest BCUT2D eigenvalue weighted by Gasteiger charge is 2.40. The second kappa shape index (κ2) is 11.9. The van der Waals surface area contributed by atoms with E-state index in [9.17, 15) is 20.2 Å². The summed E-state index contributed by atoms with van der Waals surface area (Å²) in [5.74, 6) is -0.317. The van der Waals surface area contributed by atoms with Crippen LogP contribution in [0.4, 0.5) is 11.4 Å². The van der Waals surface area contributed by atoms with Crippen molar-refractivity contribution in [1.82, 2.24) is 0 Å². The highest BCUT2D eigenvalue weighted by molar-refractivity contribution is 8.02. The van der Waals surface area contributed by atoms with Gasteiger partial charge < -0.3 is 5.73 Å². The smallest absolute Gasteiger partial charge is 0.269 e. The summed E-state index contributed by atoms with van der Waals surface area (Å²) in [5.41, 5.74) is 11.1. The minimum absolute atomic E-state index is 0.0833. The Bertz CT molecular complexity index is 1690. The largest absolute Gasteiger partial charge is 0.384 e. The van der Waals surface area contributed by atoms with Gasteiger partial charge in [0.2, 0.25) is 0 Å². The molecule has 0 radical (unpaired) electrons. The minimum Gasteiger partial charge on any atom is -0.384 e. The number of hydrogen-bond acceptors (Lipinski definition) is 7. The van der Waals surface area contributed by atoms with Gasteiger partial charge in [0.25, 0.3) is 5.69 Å². The average Bonchev–Trinajstić information content (AvgIpc) is 3.00. The topological polar surface area (TPSA) is 113 Å². The molecule has 41 heavy (non-hydrogen) atoms. The number of allylic oxidation sites excluding steroid dienone is 2. The first kappa shape index (κ1) is 27.4. The van der Waals surface area contributed by atoms with E-state index in [2.05, 4.69) is 6.07 Å². The number of nitriles is 1. The maximum absolute atomic E-state index is 14.5. The molecule has 0 saturated carbocycles. The lowest BCUT2D eigenvalue weighted by Crippen LogP contribution is -2.36. The van der Waals surface area contributed by atoms with Crippen LogP contribution in [0.1, 0.15) is 33.0 Å². The van der Waals surface area contributed by atoms with E-state index >= 15 is 0 Å². The Morgan fingerprint density at radius 2 is 1.56 bits per heavy atom. The van der Waals surface area contributed by atoms with Gasteiger partial charge in [0, 0.05) is 34.7 Å². The second-order valence-electron chi connectivity index (χ2n) is 9.55. The molecule has 0 fully saturated rings. The van der Waals surface area contributed by atoms with Crippen molar-refractivity contribution in [2.24, 2.45) is 5.73 Å². The van der Waals surface area contributed by atoms with Crippen molar-refractivity contribution in [2.75, 3.05) is 4.90 Å². The number of para-hydroxylation sites is 1. The number of carbonyl (C=O) groups excluding carboxylic acids is 1. The Balaban J connectivity index is 1.77. The molecule has 4 aromatic rings. The van der Waals surface area contributed by atoms with Crippen LogP contribution in [-0.2, 0) is 5.75 Å². The van der Waals surface area contributed by atoms with E-state index in [1.807, 2.05) is 79.7 Å². The zero-order valence-electron chi connectivity index (χ0n) is 22.2. The van der Waals surface area contributed by atoms with Gasteiger partial charge in [0.1, 0.15) is 5.82 Å². The van der Waals surface area contributed by atoms with Gasteiger partial charge >= 0.3 is 0 Å². The number of nitro benzene ring substituents is 1. The molecule has 8 heteroatoms. The van der Waals surface area contributed by atoms with Crippen molar-refractivity contribution in [3.8, 4) is 6.07 Å². The summed E-state index contributed by atoms with van der Waals surface area (Å²) in [7, 11) is 0. The van der Waals surface area contributed by atoms with E-state index in [-0.39, 0.29) is 22.9 Å². The lowest BCUT2D eigenvalue weighted by molar-refractivity contribution is -0.384. The van der Waals surface area contributed by atoms with Crippen molar-refractivity contribution >= 4 is 28.9 Å². The van der Waals surface area contributed by atoms with Crippen LogP contribution in [0.5, 0.6) is 0 Å². The highest BCUT2D eigenvalue weighted by atomic mass is 32.2. The van der Waals surface area contributed by atoms with Gasteiger partial charge in [-0.15, -0.1) is 11.8 Å². The molecule has 0 bridgehead atoms. The molecule has 202 valence electrons. The summed E-state index contributed by atoms with van der Waals surface area (Å²) in [6, 6.07) is 34.8. The molecule has 2 N–H and O–H groups in total. The standard InChI is InChI=1S/C33H26N4O3S/c1-22-12-14-25(15-13-22)31(38)30-29(24-16-18-27(19-17-24)37(39)40)28(20-34)32(35)36(26-10-6-3-7-11-26)33(30)41-21-23-8-4-2-5-9-23/h2-19,29H,21,35H2,1H3. The third kappa shape index (κ3) is 5.62. The normalized spacial score (nSPS) is 15.0.